The van der Waals surface area contributed by atoms with Gasteiger partial charge in [0.25, 0.3) is 0 Å². The Labute approximate surface area is 183 Å². The lowest BCUT2D eigenvalue weighted by molar-refractivity contribution is 0.206. The minimum absolute atomic E-state index is 0.152. The molecule has 0 aliphatic rings. The number of hydrogen-bond acceptors (Lipinski definition) is 4. The second-order valence-electron chi connectivity index (χ2n) is 7.00. The largest absolute Gasteiger partial charge is 0.494 e. The molecule has 0 radical (unpaired) electrons. The molecule has 0 unspecified atom stereocenters. The summed E-state index contributed by atoms with van der Waals surface area (Å²) >= 11 is 0. The summed E-state index contributed by atoms with van der Waals surface area (Å²) < 4.78 is 13.2. The van der Waals surface area contributed by atoms with Crippen LogP contribution in [0.3, 0.4) is 0 Å². The highest BCUT2D eigenvalue weighted by molar-refractivity contribution is 5.89. The third kappa shape index (κ3) is 6.77. The fraction of sp³-hybridized carbons (Fsp3) is 0.333. The zero-order chi connectivity index (χ0) is 21.9. The van der Waals surface area contributed by atoms with Crippen molar-refractivity contribution in [3.63, 3.8) is 0 Å². The van der Waals surface area contributed by atoms with Crippen molar-refractivity contribution >= 4 is 11.7 Å². The molecule has 7 heteroatoms. The predicted molar refractivity (Wildman–Crippen MR) is 121 cm³/mol. The van der Waals surface area contributed by atoms with Crippen molar-refractivity contribution in [3.05, 3.63) is 72.8 Å². The molecule has 0 aliphatic carbocycles. The number of nitrogens with zero attached hydrogens (tertiary/aromatic N) is 3. The molecule has 0 saturated carbocycles. The molecule has 31 heavy (non-hydrogen) atoms. The molecule has 2 aromatic carbocycles. The zero-order valence-electron chi connectivity index (χ0n) is 18.2. The van der Waals surface area contributed by atoms with Crippen molar-refractivity contribution in [2.45, 2.75) is 33.4 Å². The van der Waals surface area contributed by atoms with Crippen LogP contribution in [0.2, 0.25) is 0 Å². The van der Waals surface area contributed by atoms with Crippen LogP contribution in [-0.4, -0.2) is 40.2 Å². The van der Waals surface area contributed by atoms with Crippen molar-refractivity contribution in [2.24, 2.45) is 0 Å². The van der Waals surface area contributed by atoms with E-state index in [2.05, 4.69) is 10.3 Å². The Bertz CT molecular complexity index is 926. The van der Waals surface area contributed by atoms with Gasteiger partial charge in [0.2, 0.25) is 0 Å². The number of rotatable bonds is 11. The van der Waals surface area contributed by atoms with Gasteiger partial charge in [0, 0.05) is 36.7 Å². The number of urea groups is 1. The van der Waals surface area contributed by atoms with Crippen LogP contribution >= 0.6 is 0 Å². The average molecular weight is 423 g/mol. The third-order valence-electron chi connectivity index (χ3n) is 4.74. The number of amides is 2. The molecule has 0 saturated heterocycles. The second-order valence-corrected chi connectivity index (χ2v) is 7.00. The number of carbonyl (C=O) groups is 1. The van der Waals surface area contributed by atoms with Gasteiger partial charge in [-0.1, -0.05) is 18.2 Å². The van der Waals surface area contributed by atoms with Crippen LogP contribution in [0.15, 0.2) is 67.3 Å². The fourth-order valence-electron chi connectivity index (χ4n) is 3.26. The maximum atomic E-state index is 13.1. The molecule has 164 valence electrons. The first kappa shape index (κ1) is 22.2. The van der Waals surface area contributed by atoms with Crippen LogP contribution in [0, 0.1) is 0 Å². The maximum Gasteiger partial charge on any atom is 0.322 e. The third-order valence-corrected chi connectivity index (χ3v) is 4.74. The van der Waals surface area contributed by atoms with E-state index in [1.165, 1.54) is 0 Å². The SMILES string of the molecule is CCOc1ccc(NC(=O)N(CCCn2ccnc2)Cc2ccccc2OCC)cc1. The summed E-state index contributed by atoms with van der Waals surface area (Å²) in [5.41, 5.74) is 1.71. The van der Waals surface area contributed by atoms with E-state index in [1.807, 2.05) is 78.0 Å². The van der Waals surface area contributed by atoms with E-state index in [0.717, 1.165) is 35.7 Å². The molecule has 3 rings (SSSR count). The summed E-state index contributed by atoms with van der Waals surface area (Å²) in [7, 11) is 0. The monoisotopic (exact) mass is 422 g/mol. The molecule has 1 heterocycles. The minimum atomic E-state index is -0.152. The number of anilines is 1. The van der Waals surface area contributed by atoms with Gasteiger partial charge >= 0.3 is 6.03 Å². The highest BCUT2D eigenvalue weighted by Gasteiger charge is 2.16. The highest BCUT2D eigenvalue weighted by Crippen LogP contribution is 2.21. The summed E-state index contributed by atoms with van der Waals surface area (Å²) in [6.07, 6.45) is 6.28. The first-order valence-electron chi connectivity index (χ1n) is 10.6. The summed E-state index contributed by atoms with van der Waals surface area (Å²) in [6, 6.07) is 15.1. The first-order chi connectivity index (χ1) is 15.2. The Morgan fingerprint density at radius 2 is 1.84 bits per heavy atom. The maximum absolute atomic E-state index is 13.1. The Morgan fingerprint density at radius 3 is 2.55 bits per heavy atom. The van der Waals surface area contributed by atoms with Crippen LogP contribution in [0.4, 0.5) is 10.5 Å². The minimum Gasteiger partial charge on any atom is -0.494 e. The van der Waals surface area contributed by atoms with Gasteiger partial charge in [-0.05, 0) is 50.6 Å². The number of ether oxygens (including phenoxy) is 2. The van der Waals surface area contributed by atoms with E-state index in [9.17, 15) is 4.79 Å². The predicted octanol–water partition coefficient (Wildman–Crippen LogP) is 4.80. The molecular formula is C24H30N4O3. The van der Waals surface area contributed by atoms with Gasteiger partial charge in [-0.2, -0.15) is 0 Å². The van der Waals surface area contributed by atoms with E-state index in [4.69, 9.17) is 9.47 Å². The lowest BCUT2D eigenvalue weighted by Crippen LogP contribution is -2.35. The van der Waals surface area contributed by atoms with Crippen LogP contribution in [0.25, 0.3) is 0 Å². The number of aromatic nitrogens is 2. The fourth-order valence-corrected chi connectivity index (χ4v) is 3.26. The van der Waals surface area contributed by atoms with E-state index in [-0.39, 0.29) is 6.03 Å². The molecule has 0 aliphatic heterocycles. The van der Waals surface area contributed by atoms with Crippen molar-refractivity contribution in [2.75, 3.05) is 25.1 Å². The zero-order valence-corrected chi connectivity index (χ0v) is 18.2. The number of hydrogen-bond donors (Lipinski definition) is 1. The Balaban J connectivity index is 1.69. The van der Waals surface area contributed by atoms with Crippen molar-refractivity contribution < 1.29 is 14.3 Å². The summed E-state index contributed by atoms with van der Waals surface area (Å²) in [6.45, 7) is 6.94. The number of nitrogens with one attached hydrogen (secondary N) is 1. The van der Waals surface area contributed by atoms with Crippen LogP contribution in [0.5, 0.6) is 11.5 Å². The molecule has 0 bridgehead atoms. The summed E-state index contributed by atoms with van der Waals surface area (Å²) in [5.74, 6) is 1.59. The molecule has 1 N–H and O–H groups in total. The summed E-state index contributed by atoms with van der Waals surface area (Å²) in [4.78, 5) is 19.0. The molecule has 0 fully saturated rings. The van der Waals surface area contributed by atoms with Gasteiger partial charge in [0.05, 0.1) is 26.1 Å². The van der Waals surface area contributed by atoms with Crippen LogP contribution in [-0.2, 0) is 13.1 Å². The molecule has 1 aromatic heterocycles. The van der Waals surface area contributed by atoms with Gasteiger partial charge in [0.1, 0.15) is 11.5 Å². The normalized spacial score (nSPS) is 10.5. The Hall–Kier alpha value is -3.48. The number of para-hydroxylation sites is 1. The number of imidazole rings is 1. The lowest BCUT2D eigenvalue weighted by atomic mass is 10.2. The quantitative estimate of drug-likeness (QED) is 0.482. The number of carbonyl (C=O) groups excluding carboxylic acids is 1. The van der Waals surface area contributed by atoms with Gasteiger partial charge in [-0.15, -0.1) is 0 Å². The van der Waals surface area contributed by atoms with Crippen molar-refractivity contribution in [1.82, 2.24) is 14.5 Å². The number of aryl methyl sites for hydroxylation is 1. The van der Waals surface area contributed by atoms with E-state index >= 15 is 0 Å². The molecule has 0 spiro atoms. The van der Waals surface area contributed by atoms with E-state index in [0.29, 0.717) is 26.3 Å². The smallest absolute Gasteiger partial charge is 0.322 e. The Kier molecular flexibility index (Phi) is 8.34. The van der Waals surface area contributed by atoms with Crippen molar-refractivity contribution in [1.29, 1.82) is 0 Å². The van der Waals surface area contributed by atoms with Crippen LogP contribution in [0.1, 0.15) is 25.8 Å². The molecule has 3 aromatic rings. The van der Waals surface area contributed by atoms with Gasteiger partial charge in [-0.25, -0.2) is 9.78 Å². The van der Waals surface area contributed by atoms with Crippen molar-refractivity contribution in [3.8, 4) is 11.5 Å². The lowest BCUT2D eigenvalue weighted by Gasteiger charge is -2.24. The average Bonchev–Trinajstić information content (AvgIpc) is 3.29. The van der Waals surface area contributed by atoms with E-state index < -0.39 is 0 Å². The first-order valence-corrected chi connectivity index (χ1v) is 10.6. The van der Waals surface area contributed by atoms with Crippen LogP contribution < -0.4 is 14.8 Å². The molecule has 7 nitrogen and oxygen atoms in total. The molecular weight excluding hydrogens is 392 g/mol. The second kappa shape index (κ2) is 11.6. The Morgan fingerprint density at radius 1 is 1.06 bits per heavy atom. The topological polar surface area (TPSA) is 68.6 Å². The molecule has 2 amide bonds. The highest BCUT2D eigenvalue weighted by atomic mass is 16.5. The van der Waals surface area contributed by atoms with Gasteiger partial charge in [-0.3, -0.25) is 0 Å². The standard InChI is InChI=1S/C24H30N4O3/c1-3-30-22-12-10-21(11-13-22)26-24(29)28(16-7-15-27-17-14-25-19-27)18-20-8-5-6-9-23(20)31-4-2/h5-6,8-14,17,19H,3-4,7,15-16,18H2,1-2H3,(H,26,29). The van der Waals surface area contributed by atoms with Gasteiger partial charge < -0.3 is 24.3 Å². The molecule has 0 atom stereocenters. The van der Waals surface area contributed by atoms with E-state index in [1.54, 1.807) is 12.5 Å². The summed E-state index contributed by atoms with van der Waals surface area (Å²) in [5, 5.41) is 3.00. The number of benzene rings is 2. The van der Waals surface area contributed by atoms with Gasteiger partial charge in [0.15, 0.2) is 0 Å².